The third-order valence-electron chi connectivity index (χ3n) is 5.14. The van der Waals surface area contributed by atoms with Crippen LogP contribution in [0.2, 0.25) is 0 Å². The number of hydrogen-bond donors (Lipinski definition) is 1. The predicted molar refractivity (Wildman–Crippen MR) is 131 cm³/mol. The number of sulfonamides is 1. The SMILES string of the molecule is CCOc1ccc(CCCNC(=O)CN(c2ccc(C)cc2)S(=O)(=O)c2ccccc2)cc1. The van der Waals surface area contributed by atoms with Crippen LogP contribution in [-0.4, -0.2) is 34.0 Å². The Balaban J connectivity index is 1.62. The summed E-state index contributed by atoms with van der Waals surface area (Å²) in [7, 11) is -3.88. The molecule has 3 rings (SSSR count). The number of rotatable bonds is 11. The van der Waals surface area contributed by atoms with Crippen LogP contribution in [0.1, 0.15) is 24.5 Å². The van der Waals surface area contributed by atoms with Crippen LogP contribution in [0.5, 0.6) is 5.75 Å². The lowest BCUT2D eigenvalue weighted by Crippen LogP contribution is -2.41. The van der Waals surface area contributed by atoms with Gasteiger partial charge < -0.3 is 10.1 Å². The van der Waals surface area contributed by atoms with Gasteiger partial charge in [-0.05, 0) is 68.7 Å². The first kappa shape index (κ1) is 24.3. The molecule has 0 aliphatic heterocycles. The first-order valence-electron chi connectivity index (χ1n) is 11.0. The molecule has 3 aromatic carbocycles. The number of nitrogens with zero attached hydrogens (tertiary/aromatic N) is 1. The summed E-state index contributed by atoms with van der Waals surface area (Å²) in [5.74, 6) is 0.493. The molecule has 0 heterocycles. The molecule has 0 bridgehead atoms. The van der Waals surface area contributed by atoms with Gasteiger partial charge in [-0.3, -0.25) is 9.10 Å². The van der Waals surface area contributed by atoms with Gasteiger partial charge in [0.2, 0.25) is 5.91 Å². The minimum absolute atomic E-state index is 0.147. The number of nitrogens with one attached hydrogen (secondary N) is 1. The monoisotopic (exact) mass is 466 g/mol. The molecule has 0 aliphatic rings. The van der Waals surface area contributed by atoms with Crippen molar-refractivity contribution in [2.75, 3.05) is 24.0 Å². The lowest BCUT2D eigenvalue weighted by atomic mass is 10.1. The molecule has 0 unspecified atom stereocenters. The highest BCUT2D eigenvalue weighted by atomic mass is 32.2. The molecule has 0 saturated heterocycles. The van der Waals surface area contributed by atoms with E-state index in [1.54, 1.807) is 30.3 Å². The van der Waals surface area contributed by atoms with Crippen LogP contribution in [0.3, 0.4) is 0 Å². The third kappa shape index (κ3) is 6.83. The van der Waals surface area contributed by atoms with Crippen molar-refractivity contribution in [3.63, 3.8) is 0 Å². The van der Waals surface area contributed by atoms with E-state index >= 15 is 0 Å². The van der Waals surface area contributed by atoms with E-state index in [4.69, 9.17) is 4.74 Å². The maximum atomic E-state index is 13.3. The summed E-state index contributed by atoms with van der Waals surface area (Å²) < 4.78 is 33.2. The molecule has 0 radical (unpaired) electrons. The minimum atomic E-state index is -3.88. The van der Waals surface area contributed by atoms with E-state index in [2.05, 4.69) is 5.32 Å². The van der Waals surface area contributed by atoms with Crippen LogP contribution >= 0.6 is 0 Å². The standard InChI is InChI=1S/C26H30N2O4S/c1-3-32-24-17-13-22(14-18-24)8-7-19-27-26(29)20-28(23-15-11-21(2)12-16-23)33(30,31)25-9-5-4-6-10-25/h4-6,9-18H,3,7-8,19-20H2,1-2H3,(H,27,29). The average molecular weight is 467 g/mol. The van der Waals surface area contributed by atoms with E-state index in [9.17, 15) is 13.2 Å². The number of aryl methyl sites for hydroxylation is 2. The van der Waals surface area contributed by atoms with Gasteiger partial charge in [0.05, 0.1) is 17.2 Å². The molecule has 1 N–H and O–H groups in total. The Morgan fingerprint density at radius 2 is 1.61 bits per heavy atom. The van der Waals surface area contributed by atoms with Crippen LogP contribution in [0.25, 0.3) is 0 Å². The Hall–Kier alpha value is -3.32. The van der Waals surface area contributed by atoms with Crippen molar-refractivity contribution in [1.82, 2.24) is 5.32 Å². The summed E-state index contributed by atoms with van der Waals surface area (Å²) in [6.07, 6.45) is 1.55. The van der Waals surface area contributed by atoms with Crippen molar-refractivity contribution < 1.29 is 17.9 Å². The summed E-state index contributed by atoms with van der Waals surface area (Å²) in [4.78, 5) is 12.8. The van der Waals surface area contributed by atoms with Gasteiger partial charge in [0.1, 0.15) is 12.3 Å². The molecule has 33 heavy (non-hydrogen) atoms. The summed E-state index contributed by atoms with van der Waals surface area (Å²) in [5.41, 5.74) is 2.61. The fourth-order valence-electron chi connectivity index (χ4n) is 3.37. The average Bonchev–Trinajstić information content (AvgIpc) is 2.83. The molecule has 0 spiro atoms. The van der Waals surface area contributed by atoms with E-state index in [0.717, 1.165) is 34.0 Å². The Bertz CT molecular complexity index is 1130. The normalized spacial score (nSPS) is 11.1. The second kappa shape index (κ2) is 11.5. The van der Waals surface area contributed by atoms with E-state index in [0.29, 0.717) is 18.8 Å². The number of anilines is 1. The second-order valence-electron chi connectivity index (χ2n) is 7.69. The van der Waals surface area contributed by atoms with Gasteiger partial charge in [0.25, 0.3) is 10.0 Å². The van der Waals surface area contributed by atoms with Crippen molar-refractivity contribution >= 4 is 21.6 Å². The fourth-order valence-corrected chi connectivity index (χ4v) is 4.81. The molecule has 174 valence electrons. The Morgan fingerprint density at radius 1 is 0.939 bits per heavy atom. The highest BCUT2D eigenvalue weighted by molar-refractivity contribution is 7.92. The molecule has 1 amide bonds. The largest absolute Gasteiger partial charge is 0.494 e. The summed E-state index contributed by atoms with van der Waals surface area (Å²) >= 11 is 0. The van der Waals surface area contributed by atoms with Crippen molar-refractivity contribution in [3.05, 3.63) is 90.0 Å². The van der Waals surface area contributed by atoms with Gasteiger partial charge in [-0.25, -0.2) is 8.42 Å². The number of carbonyl (C=O) groups is 1. The quantitative estimate of drug-likeness (QED) is 0.427. The topological polar surface area (TPSA) is 75.7 Å². The lowest BCUT2D eigenvalue weighted by Gasteiger charge is -2.24. The Morgan fingerprint density at radius 3 is 2.24 bits per heavy atom. The Kier molecular flexibility index (Phi) is 8.49. The summed E-state index contributed by atoms with van der Waals surface area (Å²) in [6, 6.07) is 23.2. The predicted octanol–water partition coefficient (Wildman–Crippen LogP) is 4.34. The van der Waals surface area contributed by atoms with Gasteiger partial charge in [-0.2, -0.15) is 0 Å². The summed E-state index contributed by atoms with van der Waals surface area (Å²) in [5, 5.41) is 2.85. The molecule has 0 fully saturated rings. The van der Waals surface area contributed by atoms with E-state index in [-0.39, 0.29) is 17.3 Å². The molecular formula is C26H30N2O4S. The molecular weight excluding hydrogens is 436 g/mol. The molecule has 0 atom stereocenters. The van der Waals surface area contributed by atoms with Crippen molar-refractivity contribution in [2.45, 2.75) is 31.6 Å². The van der Waals surface area contributed by atoms with Gasteiger partial charge in [0.15, 0.2) is 0 Å². The lowest BCUT2D eigenvalue weighted by molar-refractivity contribution is -0.119. The Labute approximate surface area is 196 Å². The second-order valence-corrected chi connectivity index (χ2v) is 9.55. The molecule has 7 heteroatoms. The van der Waals surface area contributed by atoms with E-state index < -0.39 is 10.0 Å². The van der Waals surface area contributed by atoms with Gasteiger partial charge in [-0.15, -0.1) is 0 Å². The molecule has 0 saturated carbocycles. The first-order chi connectivity index (χ1) is 15.9. The highest BCUT2D eigenvalue weighted by Gasteiger charge is 2.26. The van der Waals surface area contributed by atoms with E-state index in [1.165, 1.54) is 12.1 Å². The van der Waals surface area contributed by atoms with Crippen LogP contribution in [-0.2, 0) is 21.2 Å². The number of hydrogen-bond acceptors (Lipinski definition) is 4. The molecule has 6 nitrogen and oxygen atoms in total. The van der Waals surface area contributed by atoms with Crippen molar-refractivity contribution in [1.29, 1.82) is 0 Å². The van der Waals surface area contributed by atoms with Gasteiger partial charge in [0, 0.05) is 6.54 Å². The van der Waals surface area contributed by atoms with Crippen molar-refractivity contribution in [2.24, 2.45) is 0 Å². The highest BCUT2D eigenvalue weighted by Crippen LogP contribution is 2.23. The number of ether oxygens (including phenoxy) is 1. The summed E-state index contributed by atoms with van der Waals surface area (Å²) in [6.45, 7) is 4.67. The third-order valence-corrected chi connectivity index (χ3v) is 6.93. The number of carbonyl (C=O) groups excluding carboxylic acids is 1. The molecule has 0 aromatic heterocycles. The van der Waals surface area contributed by atoms with E-state index in [1.807, 2.05) is 50.2 Å². The van der Waals surface area contributed by atoms with Gasteiger partial charge >= 0.3 is 0 Å². The minimum Gasteiger partial charge on any atom is -0.494 e. The maximum absolute atomic E-state index is 13.3. The number of benzene rings is 3. The van der Waals surface area contributed by atoms with Crippen LogP contribution in [0.4, 0.5) is 5.69 Å². The molecule has 3 aromatic rings. The van der Waals surface area contributed by atoms with Crippen LogP contribution < -0.4 is 14.4 Å². The first-order valence-corrected chi connectivity index (χ1v) is 12.5. The fraction of sp³-hybridized carbons (Fsp3) is 0.269. The zero-order valence-corrected chi connectivity index (χ0v) is 19.8. The van der Waals surface area contributed by atoms with Crippen LogP contribution in [0, 0.1) is 6.92 Å². The zero-order chi connectivity index (χ0) is 23.7. The van der Waals surface area contributed by atoms with Crippen molar-refractivity contribution in [3.8, 4) is 5.75 Å². The van der Waals surface area contributed by atoms with Crippen LogP contribution in [0.15, 0.2) is 83.8 Å². The molecule has 0 aliphatic carbocycles. The smallest absolute Gasteiger partial charge is 0.264 e. The van der Waals surface area contributed by atoms with Gasteiger partial charge in [-0.1, -0.05) is 48.0 Å². The number of amides is 1. The maximum Gasteiger partial charge on any atom is 0.264 e. The zero-order valence-electron chi connectivity index (χ0n) is 19.0.